The van der Waals surface area contributed by atoms with Gasteiger partial charge in [0.2, 0.25) is 5.95 Å². The first-order valence-electron chi connectivity index (χ1n) is 9.63. The third-order valence-corrected chi connectivity index (χ3v) is 5.82. The predicted molar refractivity (Wildman–Crippen MR) is 110 cm³/mol. The van der Waals surface area contributed by atoms with Crippen molar-refractivity contribution in [1.29, 1.82) is 0 Å². The second kappa shape index (κ2) is 6.01. The fourth-order valence-corrected chi connectivity index (χ4v) is 4.35. The van der Waals surface area contributed by atoms with Crippen LogP contribution in [0.1, 0.15) is 25.3 Å². The van der Waals surface area contributed by atoms with Crippen molar-refractivity contribution in [3.63, 3.8) is 0 Å². The van der Waals surface area contributed by atoms with Crippen LogP contribution in [0.4, 0.5) is 11.6 Å². The highest BCUT2D eigenvalue weighted by molar-refractivity contribution is 5.94. The summed E-state index contributed by atoms with van der Waals surface area (Å²) in [5.41, 5.74) is 10.5. The zero-order valence-electron chi connectivity index (χ0n) is 15.5. The number of imidazole rings is 1. The summed E-state index contributed by atoms with van der Waals surface area (Å²) in [6.45, 7) is 4.06. The van der Waals surface area contributed by atoms with Gasteiger partial charge < -0.3 is 10.6 Å². The van der Waals surface area contributed by atoms with Crippen LogP contribution in [0, 0.1) is 0 Å². The summed E-state index contributed by atoms with van der Waals surface area (Å²) in [5.74, 6) is 1.25. The van der Waals surface area contributed by atoms with Crippen molar-refractivity contribution in [2.75, 3.05) is 23.3 Å². The Kier molecular flexibility index (Phi) is 3.60. The quantitative estimate of drug-likeness (QED) is 0.736. The highest BCUT2D eigenvalue weighted by atomic mass is 15.4. The number of anilines is 2. The molecule has 27 heavy (non-hydrogen) atoms. The minimum Gasteiger partial charge on any atom is -0.371 e. The first kappa shape index (κ1) is 16.2. The minimum absolute atomic E-state index is 0.360. The Balaban J connectivity index is 1.48. The van der Waals surface area contributed by atoms with Gasteiger partial charge in [0.05, 0.1) is 11.0 Å². The van der Waals surface area contributed by atoms with Crippen molar-refractivity contribution in [3.8, 4) is 0 Å². The fraction of sp³-hybridized carbons (Fsp3) is 0.333. The highest BCUT2D eigenvalue weighted by Crippen LogP contribution is 2.40. The van der Waals surface area contributed by atoms with E-state index in [-0.39, 0.29) is 5.66 Å². The van der Waals surface area contributed by atoms with E-state index in [4.69, 9.17) is 15.7 Å². The number of piperidine rings is 1. The third-order valence-electron chi connectivity index (χ3n) is 5.82. The van der Waals surface area contributed by atoms with Crippen LogP contribution in [0.2, 0.25) is 0 Å². The smallest absolute Gasteiger partial charge is 0.212 e. The molecule has 138 valence electrons. The molecule has 0 saturated carbocycles. The van der Waals surface area contributed by atoms with Gasteiger partial charge in [-0.15, -0.1) is 0 Å². The molecule has 0 atom stereocenters. The Morgan fingerprint density at radius 1 is 1.07 bits per heavy atom. The van der Waals surface area contributed by atoms with Gasteiger partial charge >= 0.3 is 0 Å². The van der Waals surface area contributed by atoms with E-state index in [1.165, 1.54) is 11.3 Å². The lowest BCUT2D eigenvalue weighted by molar-refractivity contribution is 0.239. The largest absolute Gasteiger partial charge is 0.371 e. The normalized spacial score (nSPS) is 18.3. The molecule has 5 rings (SSSR count). The number of nitrogens with zero attached hydrogens (tertiary/aromatic N) is 4. The molecule has 1 fully saturated rings. The van der Waals surface area contributed by atoms with E-state index in [1.54, 1.807) is 0 Å². The van der Waals surface area contributed by atoms with Crippen LogP contribution in [-0.4, -0.2) is 28.6 Å². The number of nitrogens with two attached hydrogens (primary N) is 1. The SMILES string of the molecule is CCc1ccc(N2CCC3(CC2)N=C(N)Nc2nc4ccccc4n23)cc1. The van der Waals surface area contributed by atoms with Crippen LogP contribution in [0.15, 0.2) is 53.5 Å². The van der Waals surface area contributed by atoms with Crippen molar-refractivity contribution < 1.29 is 0 Å². The molecule has 3 N–H and O–H groups in total. The Morgan fingerprint density at radius 3 is 2.56 bits per heavy atom. The van der Waals surface area contributed by atoms with Gasteiger partial charge in [0.15, 0.2) is 5.96 Å². The van der Waals surface area contributed by atoms with Gasteiger partial charge in [0.1, 0.15) is 5.66 Å². The van der Waals surface area contributed by atoms with Gasteiger partial charge in [-0.2, -0.15) is 0 Å². The van der Waals surface area contributed by atoms with Crippen molar-refractivity contribution in [2.24, 2.45) is 10.7 Å². The minimum atomic E-state index is -0.360. The lowest BCUT2D eigenvalue weighted by Crippen LogP contribution is -2.49. The third kappa shape index (κ3) is 2.55. The lowest BCUT2D eigenvalue weighted by Gasteiger charge is -2.43. The maximum absolute atomic E-state index is 6.13. The summed E-state index contributed by atoms with van der Waals surface area (Å²) in [6.07, 6.45) is 2.87. The number of benzene rings is 2. The molecule has 1 saturated heterocycles. The predicted octanol–water partition coefficient (Wildman–Crippen LogP) is 3.29. The van der Waals surface area contributed by atoms with Crippen molar-refractivity contribution in [1.82, 2.24) is 9.55 Å². The molecule has 3 aromatic rings. The highest BCUT2D eigenvalue weighted by Gasteiger charge is 2.41. The van der Waals surface area contributed by atoms with Gasteiger partial charge in [-0.1, -0.05) is 31.2 Å². The Hall–Kier alpha value is -3.02. The Labute approximate surface area is 158 Å². The van der Waals surface area contributed by atoms with Gasteiger partial charge in [-0.3, -0.25) is 9.88 Å². The summed E-state index contributed by atoms with van der Waals surface area (Å²) in [6, 6.07) is 17.1. The molecule has 0 radical (unpaired) electrons. The summed E-state index contributed by atoms with van der Waals surface area (Å²) < 4.78 is 2.25. The van der Waals surface area contributed by atoms with Gasteiger partial charge in [-0.05, 0) is 36.2 Å². The van der Waals surface area contributed by atoms with E-state index in [2.05, 4.69) is 58.1 Å². The lowest BCUT2D eigenvalue weighted by atomic mass is 9.95. The summed E-state index contributed by atoms with van der Waals surface area (Å²) in [7, 11) is 0. The molecular formula is C21H24N6. The number of hydrogen-bond donors (Lipinski definition) is 2. The van der Waals surface area contributed by atoms with E-state index in [0.717, 1.165) is 49.3 Å². The average molecular weight is 360 g/mol. The van der Waals surface area contributed by atoms with Crippen LogP contribution in [0.5, 0.6) is 0 Å². The number of nitrogens with one attached hydrogen (secondary N) is 1. The zero-order valence-corrected chi connectivity index (χ0v) is 15.5. The average Bonchev–Trinajstić information content (AvgIpc) is 3.07. The second-order valence-electron chi connectivity index (χ2n) is 7.37. The van der Waals surface area contributed by atoms with Crippen LogP contribution >= 0.6 is 0 Å². The summed E-state index contributed by atoms with van der Waals surface area (Å²) in [5, 5.41) is 3.14. The standard InChI is InChI=1S/C21H24N6/c1-2-15-7-9-16(10-8-15)26-13-11-21(12-14-26)25-19(22)24-20-23-17-5-3-4-6-18(17)27(20)21/h3-10H,2,11-14H2,1H3,(H3,22,23,24,25). The monoisotopic (exact) mass is 360 g/mol. The summed E-state index contributed by atoms with van der Waals surface area (Å²) >= 11 is 0. The van der Waals surface area contributed by atoms with E-state index >= 15 is 0 Å². The molecule has 1 spiro atoms. The van der Waals surface area contributed by atoms with Crippen LogP contribution < -0.4 is 16.0 Å². The number of aliphatic imine (C=N–C) groups is 1. The molecule has 0 bridgehead atoms. The molecule has 1 aromatic heterocycles. The number of para-hydroxylation sites is 2. The molecule has 6 nitrogen and oxygen atoms in total. The van der Waals surface area contributed by atoms with Crippen molar-refractivity contribution >= 4 is 28.6 Å². The maximum atomic E-state index is 6.13. The number of aryl methyl sites for hydroxylation is 1. The molecular weight excluding hydrogens is 336 g/mol. The first-order valence-corrected chi connectivity index (χ1v) is 9.63. The van der Waals surface area contributed by atoms with Crippen LogP contribution in [0.25, 0.3) is 11.0 Å². The van der Waals surface area contributed by atoms with E-state index < -0.39 is 0 Å². The molecule has 6 heteroatoms. The molecule has 0 amide bonds. The Morgan fingerprint density at radius 2 is 1.81 bits per heavy atom. The zero-order chi connectivity index (χ0) is 18.4. The van der Waals surface area contributed by atoms with E-state index in [0.29, 0.717) is 5.96 Å². The van der Waals surface area contributed by atoms with Crippen molar-refractivity contribution in [3.05, 3.63) is 54.1 Å². The Bertz CT molecular complexity index is 1010. The number of rotatable bonds is 2. The molecule has 3 heterocycles. The van der Waals surface area contributed by atoms with Crippen LogP contribution in [0.3, 0.4) is 0 Å². The molecule has 2 aliphatic rings. The van der Waals surface area contributed by atoms with E-state index in [1.807, 2.05) is 12.1 Å². The van der Waals surface area contributed by atoms with Crippen LogP contribution in [-0.2, 0) is 12.1 Å². The molecule has 0 unspecified atom stereocenters. The first-order chi connectivity index (χ1) is 13.2. The van der Waals surface area contributed by atoms with E-state index in [9.17, 15) is 0 Å². The summed E-state index contributed by atoms with van der Waals surface area (Å²) in [4.78, 5) is 12.0. The molecule has 0 aliphatic carbocycles. The number of fused-ring (bicyclic) bond motifs is 4. The number of guanidine groups is 1. The van der Waals surface area contributed by atoms with Crippen molar-refractivity contribution in [2.45, 2.75) is 31.8 Å². The van der Waals surface area contributed by atoms with Gasteiger partial charge in [0, 0.05) is 31.6 Å². The van der Waals surface area contributed by atoms with Gasteiger partial charge in [-0.25, -0.2) is 9.98 Å². The maximum Gasteiger partial charge on any atom is 0.212 e. The number of aromatic nitrogens is 2. The molecule has 2 aliphatic heterocycles. The number of hydrogen-bond acceptors (Lipinski definition) is 5. The fourth-order valence-electron chi connectivity index (χ4n) is 4.35. The van der Waals surface area contributed by atoms with Gasteiger partial charge in [0.25, 0.3) is 0 Å². The topological polar surface area (TPSA) is 71.5 Å². The molecule has 2 aromatic carbocycles. The second-order valence-corrected chi connectivity index (χ2v) is 7.37.